The molecule has 1 spiro atoms. The van der Waals surface area contributed by atoms with Crippen LogP contribution in [0.1, 0.15) is 49.7 Å². The molecule has 1 N–H and O–H groups in total. The highest BCUT2D eigenvalue weighted by Gasteiger charge is 2.38. The minimum atomic E-state index is -0.102. The zero-order valence-electron chi connectivity index (χ0n) is 15.0. The van der Waals surface area contributed by atoms with E-state index in [1.807, 2.05) is 4.57 Å². The van der Waals surface area contributed by atoms with Crippen molar-refractivity contribution < 1.29 is 9.47 Å². The van der Waals surface area contributed by atoms with E-state index >= 15 is 0 Å². The first-order chi connectivity index (χ1) is 12.2. The molecule has 0 bridgehead atoms. The third kappa shape index (κ3) is 3.16. The fraction of sp³-hybridized carbons (Fsp3) is 0.579. The summed E-state index contributed by atoms with van der Waals surface area (Å²) in [4.78, 5) is 0. The quantitative estimate of drug-likeness (QED) is 0.925. The van der Waals surface area contributed by atoms with Crippen LogP contribution in [-0.2, 0) is 23.4 Å². The molecule has 0 amide bonds. The summed E-state index contributed by atoms with van der Waals surface area (Å²) in [7, 11) is 0. The maximum Gasteiger partial charge on any atom is 0.171 e. The van der Waals surface area contributed by atoms with Gasteiger partial charge in [-0.3, -0.25) is 0 Å². The normalized spacial score (nSPS) is 19.2. The smallest absolute Gasteiger partial charge is 0.171 e. The maximum absolute atomic E-state index is 6.23. The molecule has 4 rings (SSSR count). The van der Waals surface area contributed by atoms with Gasteiger partial charge in [0.2, 0.25) is 0 Å². The molecule has 1 saturated heterocycles. The maximum atomic E-state index is 6.23. The van der Waals surface area contributed by atoms with Gasteiger partial charge >= 0.3 is 0 Å². The van der Waals surface area contributed by atoms with Gasteiger partial charge in [0, 0.05) is 6.04 Å². The van der Waals surface area contributed by atoms with Gasteiger partial charge < -0.3 is 19.4 Å². The molecule has 134 valence electrons. The van der Waals surface area contributed by atoms with E-state index < -0.39 is 0 Å². The lowest BCUT2D eigenvalue weighted by Gasteiger charge is -2.42. The van der Waals surface area contributed by atoms with Crippen molar-refractivity contribution in [2.75, 3.05) is 19.7 Å². The molecule has 2 aliphatic heterocycles. The Morgan fingerprint density at radius 2 is 2.16 bits per heavy atom. The van der Waals surface area contributed by atoms with E-state index in [2.05, 4.69) is 47.6 Å². The van der Waals surface area contributed by atoms with Crippen molar-refractivity contribution in [3.8, 4) is 5.75 Å². The van der Waals surface area contributed by atoms with Crippen LogP contribution in [0.25, 0.3) is 0 Å². The minimum absolute atomic E-state index is 0.102. The first kappa shape index (κ1) is 16.5. The van der Waals surface area contributed by atoms with E-state index in [0.717, 1.165) is 50.5 Å². The SMILES string of the molecule is CC(C)n1cnnc1COc1ccc2c(c1)CCOC21CCNCC1. The average Bonchev–Trinajstić information content (AvgIpc) is 3.10. The molecule has 0 atom stereocenters. The van der Waals surface area contributed by atoms with Crippen LogP contribution in [0.2, 0.25) is 0 Å². The largest absolute Gasteiger partial charge is 0.486 e. The number of fused-ring (bicyclic) bond motifs is 2. The van der Waals surface area contributed by atoms with Gasteiger partial charge in [0.1, 0.15) is 18.7 Å². The van der Waals surface area contributed by atoms with Crippen molar-refractivity contribution in [1.82, 2.24) is 20.1 Å². The summed E-state index contributed by atoms with van der Waals surface area (Å²) in [6.07, 6.45) is 4.79. The molecule has 6 nitrogen and oxygen atoms in total. The Bertz CT molecular complexity index is 735. The van der Waals surface area contributed by atoms with Gasteiger partial charge in [-0.05, 0) is 69.5 Å². The molecule has 1 aromatic carbocycles. The number of ether oxygens (including phenoxy) is 2. The van der Waals surface area contributed by atoms with Gasteiger partial charge in [0.25, 0.3) is 0 Å². The molecule has 3 heterocycles. The Kier molecular flexibility index (Phi) is 4.48. The summed E-state index contributed by atoms with van der Waals surface area (Å²) in [5.74, 6) is 1.74. The van der Waals surface area contributed by atoms with Gasteiger partial charge in [-0.2, -0.15) is 0 Å². The molecule has 0 saturated carbocycles. The van der Waals surface area contributed by atoms with Gasteiger partial charge in [0.15, 0.2) is 5.82 Å². The number of nitrogens with zero attached hydrogens (tertiary/aromatic N) is 3. The van der Waals surface area contributed by atoms with Crippen LogP contribution in [0.15, 0.2) is 24.5 Å². The van der Waals surface area contributed by atoms with E-state index in [1.54, 1.807) is 6.33 Å². The molecule has 6 heteroatoms. The second-order valence-corrected chi connectivity index (χ2v) is 7.20. The predicted octanol–water partition coefficient (Wildman–Crippen LogP) is 2.59. The molecule has 0 radical (unpaired) electrons. The molecule has 1 fully saturated rings. The fourth-order valence-corrected chi connectivity index (χ4v) is 3.94. The number of nitrogens with one attached hydrogen (secondary N) is 1. The van der Waals surface area contributed by atoms with Crippen LogP contribution in [0.4, 0.5) is 0 Å². The van der Waals surface area contributed by atoms with Crippen LogP contribution in [0, 0.1) is 0 Å². The fourth-order valence-electron chi connectivity index (χ4n) is 3.94. The van der Waals surface area contributed by atoms with Crippen molar-refractivity contribution in [3.63, 3.8) is 0 Å². The lowest BCUT2D eigenvalue weighted by molar-refractivity contribution is -0.0802. The molecular formula is C19H26N4O2. The monoisotopic (exact) mass is 342 g/mol. The third-order valence-electron chi connectivity index (χ3n) is 5.30. The number of hydrogen-bond acceptors (Lipinski definition) is 5. The summed E-state index contributed by atoms with van der Waals surface area (Å²) >= 11 is 0. The second kappa shape index (κ2) is 6.77. The van der Waals surface area contributed by atoms with Crippen molar-refractivity contribution in [2.45, 2.75) is 51.4 Å². The van der Waals surface area contributed by atoms with Crippen molar-refractivity contribution in [2.24, 2.45) is 0 Å². The van der Waals surface area contributed by atoms with E-state index in [9.17, 15) is 0 Å². The van der Waals surface area contributed by atoms with Gasteiger partial charge in [0.05, 0.1) is 12.2 Å². The topological polar surface area (TPSA) is 61.2 Å². The van der Waals surface area contributed by atoms with E-state index in [4.69, 9.17) is 9.47 Å². The number of hydrogen-bond donors (Lipinski definition) is 1. The second-order valence-electron chi connectivity index (χ2n) is 7.20. The number of rotatable bonds is 4. The molecular weight excluding hydrogens is 316 g/mol. The van der Waals surface area contributed by atoms with E-state index in [0.29, 0.717) is 12.6 Å². The standard InChI is InChI=1S/C19H26N4O2/c1-14(2)23-13-21-22-18(23)12-24-16-3-4-17-15(11-16)5-10-25-19(17)6-8-20-9-7-19/h3-4,11,13-14,20H,5-10,12H2,1-2H3. The van der Waals surface area contributed by atoms with E-state index in [1.165, 1.54) is 11.1 Å². The zero-order valence-corrected chi connectivity index (χ0v) is 15.0. The summed E-state index contributed by atoms with van der Waals surface area (Å²) < 4.78 is 14.3. The summed E-state index contributed by atoms with van der Waals surface area (Å²) in [5, 5.41) is 11.6. The Hall–Kier alpha value is -1.92. The highest BCUT2D eigenvalue weighted by atomic mass is 16.5. The van der Waals surface area contributed by atoms with Crippen molar-refractivity contribution >= 4 is 0 Å². The Balaban J connectivity index is 1.52. The Labute approximate surface area is 148 Å². The highest BCUT2D eigenvalue weighted by molar-refractivity contribution is 5.41. The third-order valence-corrected chi connectivity index (χ3v) is 5.30. The summed E-state index contributed by atoms with van der Waals surface area (Å²) in [6, 6.07) is 6.77. The van der Waals surface area contributed by atoms with Crippen LogP contribution < -0.4 is 10.1 Å². The van der Waals surface area contributed by atoms with Crippen LogP contribution in [0.3, 0.4) is 0 Å². The zero-order chi connectivity index (χ0) is 17.3. The molecule has 0 unspecified atom stereocenters. The van der Waals surface area contributed by atoms with Crippen molar-refractivity contribution in [1.29, 1.82) is 0 Å². The summed E-state index contributed by atoms with van der Waals surface area (Å²) in [5.41, 5.74) is 2.60. The first-order valence-electron chi connectivity index (χ1n) is 9.17. The highest BCUT2D eigenvalue weighted by Crippen LogP contribution is 2.41. The molecule has 25 heavy (non-hydrogen) atoms. The van der Waals surface area contributed by atoms with Gasteiger partial charge in [-0.15, -0.1) is 10.2 Å². The lowest BCUT2D eigenvalue weighted by atomic mass is 9.80. The molecule has 0 aliphatic carbocycles. The number of aromatic nitrogens is 3. The van der Waals surface area contributed by atoms with Crippen LogP contribution >= 0.6 is 0 Å². The first-order valence-corrected chi connectivity index (χ1v) is 9.17. The minimum Gasteiger partial charge on any atom is -0.486 e. The number of piperidine rings is 1. The molecule has 1 aromatic heterocycles. The van der Waals surface area contributed by atoms with Gasteiger partial charge in [-0.25, -0.2) is 0 Å². The van der Waals surface area contributed by atoms with Crippen molar-refractivity contribution in [3.05, 3.63) is 41.5 Å². The van der Waals surface area contributed by atoms with Crippen LogP contribution in [-0.4, -0.2) is 34.5 Å². The molecule has 2 aliphatic rings. The lowest BCUT2D eigenvalue weighted by Crippen LogP contribution is -2.44. The Morgan fingerprint density at radius 1 is 1.32 bits per heavy atom. The number of benzene rings is 1. The van der Waals surface area contributed by atoms with E-state index in [-0.39, 0.29) is 5.60 Å². The Morgan fingerprint density at radius 3 is 2.96 bits per heavy atom. The molecule has 2 aromatic rings. The predicted molar refractivity (Wildman–Crippen MR) is 94.6 cm³/mol. The van der Waals surface area contributed by atoms with Gasteiger partial charge in [-0.1, -0.05) is 6.07 Å². The average molecular weight is 342 g/mol. The van der Waals surface area contributed by atoms with Crippen LogP contribution in [0.5, 0.6) is 5.75 Å². The summed E-state index contributed by atoms with van der Waals surface area (Å²) in [6.45, 7) is 7.49.